The Morgan fingerprint density at radius 2 is 1.91 bits per heavy atom. The van der Waals surface area contributed by atoms with Crippen molar-refractivity contribution in [1.29, 1.82) is 0 Å². The predicted molar refractivity (Wildman–Crippen MR) is 46.9 cm³/mol. The smallest absolute Gasteiger partial charge is 0.0611 e. The van der Waals surface area contributed by atoms with E-state index in [2.05, 4.69) is 22.7 Å². The number of piperidine rings is 1. The van der Waals surface area contributed by atoms with Crippen molar-refractivity contribution in [3.8, 4) is 24.2 Å². The monoisotopic (exact) mass is 147 g/mol. The van der Waals surface area contributed by atoms with E-state index in [0.29, 0.717) is 0 Å². The molecule has 0 spiro atoms. The summed E-state index contributed by atoms with van der Waals surface area (Å²) < 4.78 is 0. The van der Waals surface area contributed by atoms with Crippen molar-refractivity contribution in [2.75, 3.05) is 19.6 Å². The number of terminal acetylenes is 1. The van der Waals surface area contributed by atoms with Crippen LogP contribution in [0, 0.1) is 24.2 Å². The Kier molecular flexibility index (Phi) is 3.59. The Morgan fingerprint density at radius 3 is 2.55 bits per heavy atom. The van der Waals surface area contributed by atoms with E-state index in [9.17, 15) is 0 Å². The third-order valence-corrected chi connectivity index (χ3v) is 1.91. The first-order chi connectivity index (χ1) is 5.43. The molecule has 0 unspecified atom stereocenters. The zero-order chi connectivity index (χ0) is 7.94. The molecule has 1 rings (SSSR count). The first-order valence-electron chi connectivity index (χ1n) is 4.09. The minimum atomic E-state index is 0.851. The van der Waals surface area contributed by atoms with Gasteiger partial charge in [0, 0.05) is 0 Å². The van der Waals surface area contributed by atoms with Crippen molar-refractivity contribution < 1.29 is 0 Å². The van der Waals surface area contributed by atoms with Gasteiger partial charge in [0.1, 0.15) is 0 Å². The Morgan fingerprint density at radius 1 is 1.18 bits per heavy atom. The summed E-state index contributed by atoms with van der Waals surface area (Å²) in [5, 5.41) is 0. The second kappa shape index (κ2) is 4.83. The number of hydrogen-bond acceptors (Lipinski definition) is 1. The maximum Gasteiger partial charge on any atom is 0.0611 e. The molecule has 0 radical (unpaired) electrons. The van der Waals surface area contributed by atoms with Gasteiger partial charge in [0.05, 0.1) is 6.54 Å². The molecule has 0 amide bonds. The van der Waals surface area contributed by atoms with Gasteiger partial charge in [-0.3, -0.25) is 4.90 Å². The van der Waals surface area contributed by atoms with Gasteiger partial charge in [-0.25, -0.2) is 0 Å². The van der Waals surface area contributed by atoms with Gasteiger partial charge in [-0.1, -0.05) is 12.3 Å². The van der Waals surface area contributed by atoms with Crippen molar-refractivity contribution >= 4 is 0 Å². The van der Waals surface area contributed by atoms with Crippen LogP contribution in [-0.2, 0) is 0 Å². The molecule has 0 saturated carbocycles. The lowest BCUT2D eigenvalue weighted by Crippen LogP contribution is -2.29. The Labute approximate surface area is 68.8 Å². The molecule has 0 bridgehead atoms. The van der Waals surface area contributed by atoms with E-state index >= 15 is 0 Å². The lowest BCUT2D eigenvalue weighted by atomic mass is 10.1. The predicted octanol–water partition coefficient (Wildman–Crippen LogP) is 1.11. The summed E-state index contributed by atoms with van der Waals surface area (Å²) in [6.45, 7) is 3.24. The summed E-state index contributed by atoms with van der Waals surface area (Å²) in [4.78, 5) is 2.36. The number of hydrogen-bond donors (Lipinski definition) is 0. The van der Waals surface area contributed by atoms with Gasteiger partial charge >= 0.3 is 0 Å². The average molecular weight is 147 g/mol. The molecule has 0 aromatic heterocycles. The minimum Gasteiger partial charge on any atom is -0.292 e. The molecule has 0 N–H and O–H groups in total. The molecule has 1 aliphatic heterocycles. The standard InChI is InChI=1S/C10H13N/c1-2-3-5-8-11-9-6-4-7-10-11/h1H,4,6-10H2. The molecule has 0 aromatic rings. The molecule has 0 atom stereocenters. The lowest BCUT2D eigenvalue weighted by molar-refractivity contribution is 0.255. The van der Waals surface area contributed by atoms with Gasteiger partial charge in [-0.05, 0) is 37.8 Å². The van der Waals surface area contributed by atoms with E-state index < -0.39 is 0 Å². The molecular weight excluding hydrogens is 134 g/mol. The van der Waals surface area contributed by atoms with Crippen LogP contribution in [0.1, 0.15) is 19.3 Å². The summed E-state index contributed by atoms with van der Waals surface area (Å²) in [5.74, 6) is 7.90. The molecule has 11 heavy (non-hydrogen) atoms. The third-order valence-electron chi connectivity index (χ3n) is 1.91. The van der Waals surface area contributed by atoms with Crippen molar-refractivity contribution in [2.45, 2.75) is 19.3 Å². The van der Waals surface area contributed by atoms with Gasteiger partial charge < -0.3 is 0 Å². The first kappa shape index (κ1) is 8.18. The number of rotatable bonds is 1. The molecule has 58 valence electrons. The van der Waals surface area contributed by atoms with Gasteiger partial charge in [0.2, 0.25) is 0 Å². The van der Waals surface area contributed by atoms with E-state index in [1.165, 1.54) is 32.4 Å². The topological polar surface area (TPSA) is 3.24 Å². The number of nitrogens with zero attached hydrogens (tertiary/aromatic N) is 1. The Hall–Kier alpha value is -0.920. The van der Waals surface area contributed by atoms with Crippen molar-refractivity contribution in [1.82, 2.24) is 4.90 Å². The second-order valence-electron chi connectivity index (χ2n) is 2.78. The van der Waals surface area contributed by atoms with Gasteiger partial charge in [0.25, 0.3) is 0 Å². The summed E-state index contributed by atoms with van der Waals surface area (Å²) >= 11 is 0. The second-order valence-corrected chi connectivity index (χ2v) is 2.78. The van der Waals surface area contributed by atoms with Crippen LogP contribution in [-0.4, -0.2) is 24.5 Å². The van der Waals surface area contributed by atoms with Crippen LogP contribution in [0.4, 0.5) is 0 Å². The highest BCUT2D eigenvalue weighted by Crippen LogP contribution is 2.06. The summed E-state index contributed by atoms with van der Waals surface area (Å²) in [5.41, 5.74) is 0. The maximum atomic E-state index is 5.00. The fourth-order valence-electron chi connectivity index (χ4n) is 1.32. The fourth-order valence-corrected chi connectivity index (χ4v) is 1.32. The Bertz CT molecular complexity index is 195. The van der Waals surface area contributed by atoms with Crippen LogP contribution in [0.3, 0.4) is 0 Å². The zero-order valence-corrected chi connectivity index (χ0v) is 6.77. The third kappa shape index (κ3) is 3.12. The summed E-state index contributed by atoms with van der Waals surface area (Å²) in [6, 6.07) is 0. The molecule has 1 fully saturated rings. The molecule has 1 heteroatoms. The average Bonchev–Trinajstić information content (AvgIpc) is 2.07. The first-order valence-corrected chi connectivity index (χ1v) is 4.09. The SMILES string of the molecule is C#CC#CCN1CCCCC1. The summed E-state index contributed by atoms with van der Waals surface area (Å²) in [7, 11) is 0. The van der Waals surface area contributed by atoms with E-state index in [-0.39, 0.29) is 0 Å². The van der Waals surface area contributed by atoms with Gasteiger partial charge in [-0.2, -0.15) is 0 Å². The zero-order valence-electron chi connectivity index (χ0n) is 6.77. The van der Waals surface area contributed by atoms with Gasteiger partial charge in [-0.15, -0.1) is 6.42 Å². The molecule has 0 aliphatic carbocycles. The molecule has 0 aromatic carbocycles. The van der Waals surface area contributed by atoms with E-state index in [4.69, 9.17) is 6.42 Å². The molecular formula is C10H13N. The molecule has 1 saturated heterocycles. The maximum absolute atomic E-state index is 5.00. The van der Waals surface area contributed by atoms with Crippen molar-refractivity contribution in [3.63, 3.8) is 0 Å². The van der Waals surface area contributed by atoms with Crippen molar-refractivity contribution in [3.05, 3.63) is 0 Å². The van der Waals surface area contributed by atoms with Crippen LogP contribution in [0.2, 0.25) is 0 Å². The lowest BCUT2D eigenvalue weighted by Gasteiger charge is -2.23. The van der Waals surface area contributed by atoms with Crippen molar-refractivity contribution in [2.24, 2.45) is 0 Å². The van der Waals surface area contributed by atoms with Crippen LogP contribution in [0.25, 0.3) is 0 Å². The van der Waals surface area contributed by atoms with Gasteiger partial charge in [0.15, 0.2) is 0 Å². The van der Waals surface area contributed by atoms with E-state index in [0.717, 1.165) is 6.54 Å². The van der Waals surface area contributed by atoms with Crippen LogP contribution in [0.5, 0.6) is 0 Å². The van der Waals surface area contributed by atoms with Crippen LogP contribution < -0.4 is 0 Å². The molecule has 1 heterocycles. The van der Waals surface area contributed by atoms with E-state index in [1.807, 2.05) is 0 Å². The highest BCUT2D eigenvalue weighted by Gasteiger charge is 2.07. The highest BCUT2D eigenvalue weighted by molar-refractivity contribution is 5.22. The quantitative estimate of drug-likeness (QED) is 0.502. The normalized spacial score (nSPS) is 18.1. The van der Waals surface area contributed by atoms with E-state index in [1.54, 1.807) is 0 Å². The van der Waals surface area contributed by atoms with Crippen LogP contribution >= 0.6 is 0 Å². The molecule has 1 nitrogen and oxygen atoms in total. The van der Waals surface area contributed by atoms with Crippen LogP contribution in [0.15, 0.2) is 0 Å². The Balaban J connectivity index is 2.20. The highest BCUT2D eigenvalue weighted by atomic mass is 15.1. The molecule has 1 aliphatic rings. The largest absolute Gasteiger partial charge is 0.292 e. The minimum absolute atomic E-state index is 0.851. The summed E-state index contributed by atoms with van der Waals surface area (Å²) in [6.07, 6.45) is 9.01. The number of likely N-dealkylation sites (tertiary alicyclic amines) is 1. The fraction of sp³-hybridized carbons (Fsp3) is 0.600.